The maximum Gasteiger partial charge on any atom is 0.262 e. The molecule has 4 nitrogen and oxygen atoms in total. The monoisotopic (exact) mass is 299 g/mol. The Hall–Kier alpha value is -2.36. The van der Waals surface area contributed by atoms with E-state index in [9.17, 15) is 9.59 Å². The second-order valence-electron chi connectivity index (χ2n) is 5.35. The molecule has 0 spiro atoms. The first-order chi connectivity index (χ1) is 10.5. The zero-order chi connectivity index (χ0) is 16.3. The van der Waals surface area contributed by atoms with Crippen molar-refractivity contribution in [1.82, 2.24) is 4.57 Å². The Labute approximate surface area is 130 Å². The molecule has 1 aromatic carbocycles. The number of benzene rings is 1. The highest BCUT2D eigenvalue weighted by Gasteiger charge is 2.16. The van der Waals surface area contributed by atoms with Crippen molar-refractivity contribution in [1.29, 1.82) is 0 Å². The number of aromatic nitrogens is 1. The van der Waals surface area contributed by atoms with E-state index in [2.05, 4.69) is 0 Å². The van der Waals surface area contributed by atoms with Gasteiger partial charge in [-0.1, -0.05) is 6.92 Å². The molecular weight excluding hydrogens is 278 g/mol. The smallest absolute Gasteiger partial charge is 0.262 e. The highest BCUT2D eigenvalue weighted by Crippen LogP contribution is 2.25. The van der Waals surface area contributed by atoms with E-state index in [-0.39, 0.29) is 22.9 Å². The quantitative estimate of drug-likeness (QED) is 0.791. The largest absolute Gasteiger partial charge is 0.497 e. The van der Waals surface area contributed by atoms with E-state index in [4.69, 9.17) is 4.74 Å². The number of rotatable bonds is 5. The molecule has 1 atom stereocenters. The van der Waals surface area contributed by atoms with Crippen LogP contribution >= 0.6 is 0 Å². The summed E-state index contributed by atoms with van der Waals surface area (Å²) < 4.78 is 6.87. The van der Waals surface area contributed by atoms with E-state index in [1.165, 1.54) is 6.92 Å². The Balaban J connectivity index is 2.66. The van der Waals surface area contributed by atoms with Crippen molar-refractivity contribution in [2.75, 3.05) is 7.11 Å². The third-order valence-corrected chi connectivity index (χ3v) is 3.91. The summed E-state index contributed by atoms with van der Waals surface area (Å²) in [6, 6.07) is 11.0. The molecule has 22 heavy (non-hydrogen) atoms. The van der Waals surface area contributed by atoms with Crippen molar-refractivity contribution in [3.05, 3.63) is 52.3 Å². The minimum atomic E-state index is -0.227. The summed E-state index contributed by atoms with van der Waals surface area (Å²) >= 11 is 0. The molecule has 4 heteroatoms. The summed E-state index contributed by atoms with van der Waals surface area (Å²) in [5.74, 6) is 0.560. The molecule has 2 aromatic rings. The van der Waals surface area contributed by atoms with Gasteiger partial charge in [0.2, 0.25) is 0 Å². The molecule has 116 valence electrons. The molecule has 0 N–H and O–H groups in total. The van der Waals surface area contributed by atoms with Gasteiger partial charge in [0, 0.05) is 6.04 Å². The fraction of sp³-hybridized carbons (Fsp3) is 0.333. The molecule has 0 amide bonds. The van der Waals surface area contributed by atoms with Crippen LogP contribution in [-0.2, 0) is 0 Å². The number of methoxy groups -OCH3 is 1. The molecular formula is C18H21NO3. The van der Waals surface area contributed by atoms with E-state index in [1.54, 1.807) is 17.7 Å². The van der Waals surface area contributed by atoms with Crippen molar-refractivity contribution in [3.63, 3.8) is 0 Å². The molecule has 0 aliphatic heterocycles. The SMILES string of the molecule is CCC(C)n1c(-c2ccc(OC)cc2)ccc(C(C)=O)c1=O. The number of pyridine rings is 1. The molecule has 0 aliphatic rings. The highest BCUT2D eigenvalue weighted by atomic mass is 16.5. The van der Waals surface area contributed by atoms with Crippen molar-refractivity contribution in [2.24, 2.45) is 0 Å². The lowest BCUT2D eigenvalue weighted by Crippen LogP contribution is -2.29. The van der Waals surface area contributed by atoms with Gasteiger partial charge in [0.15, 0.2) is 5.78 Å². The van der Waals surface area contributed by atoms with E-state index >= 15 is 0 Å². The summed E-state index contributed by atoms with van der Waals surface area (Å²) in [6.45, 7) is 5.43. The van der Waals surface area contributed by atoms with Gasteiger partial charge in [-0.25, -0.2) is 0 Å². The molecule has 0 fully saturated rings. The van der Waals surface area contributed by atoms with Gasteiger partial charge in [0.25, 0.3) is 5.56 Å². The average molecular weight is 299 g/mol. The van der Waals surface area contributed by atoms with Crippen molar-refractivity contribution in [2.45, 2.75) is 33.2 Å². The number of ketones is 1. The van der Waals surface area contributed by atoms with Crippen LogP contribution in [0.1, 0.15) is 43.6 Å². The summed E-state index contributed by atoms with van der Waals surface area (Å²) in [6.07, 6.45) is 0.810. The van der Waals surface area contributed by atoms with Crippen molar-refractivity contribution >= 4 is 5.78 Å². The van der Waals surface area contributed by atoms with Gasteiger partial charge in [-0.15, -0.1) is 0 Å². The van der Waals surface area contributed by atoms with Crippen molar-refractivity contribution in [3.8, 4) is 17.0 Å². The Kier molecular flexibility index (Phi) is 4.81. The van der Waals surface area contributed by atoms with Gasteiger partial charge < -0.3 is 9.30 Å². The maximum absolute atomic E-state index is 12.6. The minimum Gasteiger partial charge on any atom is -0.497 e. The molecule has 0 radical (unpaired) electrons. The number of carbonyl (C=O) groups excluding carboxylic acids is 1. The van der Waals surface area contributed by atoms with Gasteiger partial charge in [-0.3, -0.25) is 9.59 Å². The van der Waals surface area contributed by atoms with Crippen LogP contribution in [0.15, 0.2) is 41.2 Å². The van der Waals surface area contributed by atoms with Gasteiger partial charge in [0.05, 0.1) is 18.4 Å². The van der Waals surface area contributed by atoms with Gasteiger partial charge >= 0.3 is 0 Å². The molecule has 2 rings (SSSR count). The number of hydrogen-bond acceptors (Lipinski definition) is 3. The van der Waals surface area contributed by atoms with Crippen LogP contribution in [-0.4, -0.2) is 17.5 Å². The minimum absolute atomic E-state index is 0.0175. The number of nitrogens with zero attached hydrogens (tertiary/aromatic N) is 1. The third-order valence-electron chi connectivity index (χ3n) is 3.91. The lowest BCUT2D eigenvalue weighted by Gasteiger charge is -2.19. The molecule has 0 saturated carbocycles. The normalized spacial score (nSPS) is 12.0. The Morgan fingerprint density at radius 1 is 1.18 bits per heavy atom. The Morgan fingerprint density at radius 2 is 1.82 bits per heavy atom. The first-order valence-electron chi connectivity index (χ1n) is 7.40. The summed E-state index contributed by atoms with van der Waals surface area (Å²) in [7, 11) is 1.62. The standard InChI is InChI=1S/C18H21NO3/c1-5-12(2)19-17(11-10-16(13(3)20)18(19)21)14-6-8-15(22-4)9-7-14/h6-12H,5H2,1-4H3. The van der Waals surface area contributed by atoms with Gasteiger partial charge in [-0.2, -0.15) is 0 Å². The third kappa shape index (κ3) is 2.96. The van der Waals surface area contributed by atoms with Gasteiger partial charge in [-0.05, 0) is 62.2 Å². The molecule has 1 heterocycles. The zero-order valence-electron chi connectivity index (χ0n) is 13.4. The van der Waals surface area contributed by atoms with Crippen LogP contribution in [0.3, 0.4) is 0 Å². The summed E-state index contributed by atoms with van der Waals surface area (Å²) in [4.78, 5) is 24.3. The van der Waals surface area contributed by atoms with E-state index in [0.717, 1.165) is 23.4 Å². The topological polar surface area (TPSA) is 48.3 Å². The fourth-order valence-electron chi connectivity index (χ4n) is 2.44. The summed E-state index contributed by atoms with van der Waals surface area (Å²) in [5.41, 5.74) is 1.74. The van der Waals surface area contributed by atoms with Crippen molar-refractivity contribution < 1.29 is 9.53 Å². The lowest BCUT2D eigenvalue weighted by molar-refractivity contribution is 0.101. The first kappa shape index (κ1) is 16.0. The molecule has 0 bridgehead atoms. The predicted molar refractivity (Wildman–Crippen MR) is 87.7 cm³/mol. The molecule has 1 unspecified atom stereocenters. The van der Waals surface area contributed by atoms with E-state index in [0.29, 0.717) is 0 Å². The number of carbonyl (C=O) groups is 1. The Morgan fingerprint density at radius 3 is 2.32 bits per heavy atom. The Bertz CT molecular complexity index is 729. The van der Waals surface area contributed by atoms with Crippen LogP contribution in [0.2, 0.25) is 0 Å². The molecule has 1 aromatic heterocycles. The molecule has 0 aliphatic carbocycles. The van der Waals surface area contributed by atoms with E-state index in [1.807, 2.05) is 44.2 Å². The number of ether oxygens (including phenoxy) is 1. The van der Waals surface area contributed by atoms with Crippen LogP contribution in [0.25, 0.3) is 11.3 Å². The summed E-state index contributed by atoms with van der Waals surface area (Å²) in [5, 5.41) is 0. The van der Waals surface area contributed by atoms with Crippen LogP contribution in [0, 0.1) is 0 Å². The van der Waals surface area contributed by atoms with Crippen LogP contribution < -0.4 is 10.3 Å². The maximum atomic E-state index is 12.6. The first-order valence-corrected chi connectivity index (χ1v) is 7.40. The van der Waals surface area contributed by atoms with Gasteiger partial charge in [0.1, 0.15) is 5.75 Å². The second-order valence-corrected chi connectivity index (χ2v) is 5.35. The highest BCUT2D eigenvalue weighted by molar-refractivity contribution is 5.94. The zero-order valence-corrected chi connectivity index (χ0v) is 13.4. The number of hydrogen-bond donors (Lipinski definition) is 0. The molecule has 0 saturated heterocycles. The lowest BCUT2D eigenvalue weighted by atomic mass is 10.1. The average Bonchev–Trinajstić information content (AvgIpc) is 2.53. The van der Waals surface area contributed by atoms with Crippen LogP contribution in [0.4, 0.5) is 0 Å². The predicted octanol–water partition coefficient (Wildman–Crippen LogP) is 3.70. The second kappa shape index (κ2) is 6.60. The fourth-order valence-corrected chi connectivity index (χ4v) is 2.44. The number of Topliss-reactive ketones (excluding diaryl/α,β-unsaturated/α-hetero) is 1. The van der Waals surface area contributed by atoms with E-state index < -0.39 is 0 Å². The van der Waals surface area contributed by atoms with Crippen LogP contribution in [0.5, 0.6) is 5.75 Å².